The molecule has 0 unspecified atom stereocenters. The Hall–Kier alpha value is -1.40. The molecule has 6 heteroatoms. The van der Waals surface area contributed by atoms with Gasteiger partial charge in [-0.2, -0.15) is 0 Å². The molecule has 0 bridgehead atoms. The number of halogens is 1. The van der Waals surface area contributed by atoms with Gasteiger partial charge in [0.25, 0.3) is 5.91 Å². The SMILES string of the molecule is O=C(NCCSc1ccc(Br)cc1)c1cnccn1. The molecule has 1 heterocycles. The highest BCUT2D eigenvalue weighted by molar-refractivity contribution is 9.10. The van der Waals surface area contributed by atoms with Crippen LogP contribution in [0.5, 0.6) is 0 Å². The fraction of sp³-hybridized carbons (Fsp3) is 0.154. The van der Waals surface area contributed by atoms with Crippen LogP contribution in [0.15, 0.2) is 52.2 Å². The second kappa shape index (κ2) is 7.25. The zero-order chi connectivity index (χ0) is 13.5. The zero-order valence-electron chi connectivity index (χ0n) is 10.0. The van der Waals surface area contributed by atoms with Crippen molar-refractivity contribution in [3.63, 3.8) is 0 Å². The lowest BCUT2D eigenvalue weighted by Gasteiger charge is -2.04. The van der Waals surface area contributed by atoms with Gasteiger partial charge in [-0.05, 0) is 24.3 Å². The van der Waals surface area contributed by atoms with Crippen LogP contribution in [0.1, 0.15) is 10.5 Å². The summed E-state index contributed by atoms with van der Waals surface area (Å²) in [6, 6.07) is 8.08. The van der Waals surface area contributed by atoms with E-state index in [4.69, 9.17) is 0 Å². The zero-order valence-corrected chi connectivity index (χ0v) is 12.4. The van der Waals surface area contributed by atoms with Gasteiger partial charge in [0.1, 0.15) is 5.69 Å². The first-order valence-corrected chi connectivity index (χ1v) is 7.46. The lowest BCUT2D eigenvalue weighted by atomic mass is 10.4. The maximum atomic E-state index is 11.7. The van der Waals surface area contributed by atoms with Gasteiger partial charge in [-0.1, -0.05) is 15.9 Å². The Labute approximate surface area is 124 Å². The minimum absolute atomic E-state index is 0.190. The van der Waals surface area contributed by atoms with Gasteiger partial charge in [-0.25, -0.2) is 4.98 Å². The van der Waals surface area contributed by atoms with Crippen molar-refractivity contribution in [1.82, 2.24) is 15.3 Å². The van der Waals surface area contributed by atoms with Crippen molar-refractivity contribution in [2.45, 2.75) is 4.90 Å². The molecule has 98 valence electrons. The molecule has 0 aliphatic rings. The third-order valence-electron chi connectivity index (χ3n) is 2.27. The van der Waals surface area contributed by atoms with Gasteiger partial charge in [-0.3, -0.25) is 9.78 Å². The highest BCUT2D eigenvalue weighted by Crippen LogP contribution is 2.19. The number of rotatable bonds is 5. The van der Waals surface area contributed by atoms with Crippen LogP contribution in [0.25, 0.3) is 0 Å². The summed E-state index contributed by atoms with van der Waals surface area (Å²) in [6.07, 6.45) is 4.50. The van der Waals surface area contributed by atoms with Crippen LogP contribution >= 0.6 is 27.7 Å². The second-order valence-electron chi connectivity index (χ2n) is 3.65. The fourth-order valence-corrected chi connectivity index (χ4v) is 2.40. The molecule has 1 amide bonds. The lowest BCUT2D eigenvalue weighted by Crippen LogP contribution is -2.26. The van der Waals surface area contributed by atoms with Gasteiger partial charge in [0.05, 0.1) is 6.20 Å². The Morgan fingerprint density at radius 1 is 1.26 bits per heavy atom. The van der Waals surface area contributed by atoms with Crippen LogP contribution in [0.2, 0.25) is 0 Å². The Balaban J connectivity index is 1.72. The van der Waals surface area contributed by atoms with Crippen molar-refractivity contribution >= 4 is 33.6 Å². The molecule has 4 nitrogen and oxygen atoms in total. The molecule has 0 aliphatic carbocycles. The molecule has 0 radical (unpaired) electrons. The number of amides is 1. The van der Waals surface area contributed by atoms with Crippen molar-refractivity contribution in [3.8, 4) is 0 Å². The van der Waals surface area contributed by atoms with E-state index in [9.17, 15) is 4.79 Å². The third-order valence-corrected chi connectivity index (χ3v) is 3.81. The van der Waals surface area contributed by atoms with E-state index in [0.29, 0.717) is 12.2 Å². The average molecular weight is 338 g/mol. The number of aromatic nitrogens is 2. The van der Waals surface area contributed by atoms with Crippen molar-refractivity contribution < 1.29 is 4.79 Å². The molecule has 0 aliphatic heterocycles. The summed E-state index contributed by atoms with van der Waals surface area (Å²) < 4.78 is 1.06. The number of nitrogens with zero attached hydrogens (tertiary/aromatic N) is 2. The molecule has 0 atom stereocenters. The maximum absolute atomic E-state index is 11.7. The quantitative estimate of drug-likeness (QED) is 0.673. The van der Waals surface area contributed by atoms with Gasteiger partial charge < -0.3 is 5.32 Å². The topological polar surface area (TPSA) is 54.9 Å². The normalized spacial score (nSPS) is 10.2. The van der Waals surface area contributed by atoms with Gasteiger partial charge in [0.2, 0.25) is 0 Å². The predicted molar refractivity (Wildman–Crippen MR) is 79.2 cm³/mol. The first-order chi connectivity index (χ1) is 9.25. The molecular weight excluding hydrogens is 326 g/mol. The summed E-state index contributed by atoms with van der Waals surface area (Å²) in [4.78, 5) is 20.6. The van der Waals surface area contributed by atoms with Crippen LogP contribution in [-0.4, -0.2) is 28.2 Å². The minimum Gasteiger partial charge on any atom is -0.350 e. The largest absolute Gasteiger partial charge is 0.350 e. The summed E-state index contributed by atoms with van der Waals surface area (Å²) in [5, 5.41) is 2.81. The van der Waals surface area contributed by atoms with E-state index in [2.05, 4.69) is 31.2 Å². The summed E-state index contributed by atoms with van der Waals surface area (Å²) in [5.41, 5.74) is 0.344. The minimum atomic E-state index is -0.190. The Bertz CT molecular complexity index is 533. The predicted octanol–water partition coefficient (Wildman–Crippen LogP) is 2.76. The maximum Gasteiger partial charge on any atom is 0.271 e. The lowest BCUT2D eigenvalue weighted by molar-refractivity contribution is 0.0951. The third kappa shape index (κ3) is 4.65. The summed E-state index contributed by atoms with van der Waals surface area (Å²) in [7, 11) is 0. The first-order valence-electron chi connectivity index (χ1n) is 5.68. The van der Waals surface area contributed by atoms with Gasteiger partial charge in [0.15, 0.2) is 0 Å². The number of thioether (sulfide) groups is 1. The Kier molecular flexibility index (Phi) is 5.35. The number of hydrogen-bond donors (Lipinski definition) is 1. The van der Waals surface area contributed by atoms with Gasteiger partial charge >= 0.3 is 0 Å². The molecule has 0 saturated heterocycles. The van der Waals surface area contributed by atoms with Crippen LogP contribution in [-0.2, 0) is 0 Å². The van der Waals surface area contributed by atoms with Crippen LogP contribution in [0, 0.1) is 0 Å². The van der Waals surface area contributed by atoms with Gasteiger partial charge in [0, 0.05) is 34.1 Å². The van der Waals surface area contributed by atoms with Crippen molar-refractivity contribution in [3.05, 3.63) is 53.0 Å². The van der Waals surface area contributed by atoms with E-state index in [1.54, 1.807) is 18.0 Å². The molecule has 1 aromatic carbocycles. The van der Waals surface area contributed by atoms with E-state index in [1.807, 2.05) is 24.3 Å². The highest BCUT2D eigenvalue weighted by Gasteiger charge is 2.05. The second-order valence-corrected chi connectivity index (χ2v) is 5.73. The van der Waals surface area contributed by atoms with Crippen LogP contribution in [0.4, 0.5) is 0 Å². The molecular formula is C13H12BrN3OS. The van der Waals surface area contributed by atoms with Crippen LogP contribution < -0.4 is 5.32 Å². The average Bonchev–Trinajstić information content (AvgIpc) is 2.46. The standard InChI is InChI=1S/C13H12BrN3OS/c14-10-1-3-11(4-2-10)19-8-7-17-13(18)12-9-15-5-6-16-12/h1-6,9H,7-8H2,(H,17,18). The molecule has 0 fully saturated rings. The molecule has 0 spiro atoms. The van der Waals surface area contributed by atoms with Crippen molar-refractivity contribution in [2.24, 2.45) is 0 Å². The molecule has 0 saturated carbocycles. The number of carbonyl (C=O) groups is 1. The van der Waals surface area contributed by atoms with E-state index in [1.165, 1.54) is 17.3 Å². The monoisotopic (exact) mass is 337 g/mol. The highest BCUT2D eigenvalue weighted by atomic mass is 79.9. The number of benzene rings is 1. The van der Waals surface area contributed by atoms with E-state index < -0.39 is 0 Å². The Morgan fingerprint density at radius 2 is 2.05 bits per heavy atom. The van der Waals surface area contributed by atoms with Gasteiger partial charge in [-0.15, -0.1) is 11.8 Å². The molecule has 1 aromatic heterocycles. The van der Waals surface area contributed by atoms with E-state index >= 15 is 0 Å². The molecule has 19 heavy (non-hydrogen) atoms. The van der Waals surface area contributed by atoms with Crippen molar-refractivity contribution in [2.75, 3.05) is 12.3 Å². The number of nitrogens with one attached hydrogen (secondary N) is 1. The summed E-state index contributed by atoms with van der Waals surface area (Å²) in [6.45, 7) is 0.593. The number of carbonyl (C=O) groups excluding carboxylic acids is 1. The summed E-state index contributed by atoms with van der Waals surface area (Å²) >= 11 is 5.09. The smallest absolute Gasteiger partial charge is 0.271 e. The molecule has 2 aromatic rings. The molecule has 1 N–H and O–H groups in total. The van der Waals surface area contributed by atoms with E-state index in [-0.39, 0.29) is 5.91 Å². The van der Waals surface area contributed by atoms with Crippen molar-refractivity contribution in [1.29, 1.82) is 0 Å². The summed E-state index contributed by atoms with van der Waals surface area (Å²) in [5.74, 6) is 0.623. The van der Waals surface area contributed by atoms with E-state index in [0.717, 1.165) is 10.2 Å². The number of hydrogen-bond acceptors (Lipinski definition) is 4. The first kappa shape index (κ1) is 14.0. The molecule has 2 rings (SSSR count). The van der Waals surface area contributed by atoms with Crippen LogP contribution in [0.3, 0.4) is 0 Å². The Morgan fingerprint density at radius 3 is 2.74 bits per heavy atom. The fourth-order valence-electron chi connectivity index (χ4n) is 1.37.